The van der Waals surface area contributed by atoms with Crippen molar-refractivity contribution in [2.75, 3.05) is 13.1 Å². The second-order valence-electron chi connectivity index (χ2n) is 13.9. The summed E-state index contributed by atoms with van der Waals surface area (Å²) in [6.07, 6.45) is 1.75. The number of phenolic OH excluding ortho intramolecular Hbond substituents is 1. The van der Waals surface area contributed by atoms with Gasteiger partial charge in [-0.3, -0.25) is 28.8 Å². The molecule has 0 saturated carbocycles. The van der Waals surface area contributed by atoms with Crippen molar-refractivity contribution in [3.8, 4) is 5.75 Å². The first-order valence-electron chi connectivity index (χ1n) is 18.1. The number of rotatable bonds is 23. The van der Waals surface area contributed by atoms with E-state index in [1.807, 2.05) is 6.92 Å². The standard InChI is InChI=1S/C36H60N8O9/c1-8-21(6)30(42-27(46)18-38)35(51)40-25(11-9-10-16-37)32(48)44-28(19(2)3)33(49)39-22(7)31(47)43-29(20(4)5)34(50)41-26(36(52)53)17-23-12-14-24(45)15-13-23/h12-15,19-22,25-26,28-30,45H,8-11,16-18,37-38H2,1-7H3,(H,39,49)(H,40,51)(H,41,50)(H,42,46)(H,43,47)(H,44,48)(H,52,53)/t21-,22-,25-,26-,28-,29-,30-/m0/s1. The maximum Gasteiger partial charge on any atom is 0.326 e. The summed E-state index contributed by atoms with van der Waals surface area (Å²) >= 11 is 0. The summed E-state index contributed by atoms with van der Waals surface area (Å²) in [7, 11) is 0. The van der Waals surface area contributed by atoms with Crippen molar-refractivity contribution in [2.24, 2.45) is 29.2 Å². The van der Waals surface area contributed by atoms with Gasteiger partial charge in [0.15, 0.2) is 0 Å². The smallest absolute Gasteiger partial charge is 0.326 e. The zero-order valence-corrected chi connectivity index (χ0v) is 31.9. The average Bonchev–Trinajstić information content (AvgIpc) is 3.10. The maximum atomic E-state index is 13.6. The molecule has 17 nitrogen and oxygen atoms in total. The van der Waals surface area contributed by atoms with E-state index in [2.05, 4.69) is 31.9 Å². The predicted octanol–water partition coefficient (Wildman–Crippen LogP) is -0.606. The lowest BCUT2D eigenvalue weighted by molar-refractivity contribution is -0.142. The number of carbonyl (C=O) groups is 7. The Balaban J connectivity index is 3.06. The molecule has 1 rings (SSSR count). The minimum atomic E-state index is -1.33. The van der Waals surface area contributed by atoms with Crippen LogP contribution in [0.5, 0.6) is 5.75 Å². The highest BCUT2D eigenvalue weighted by atomic mass is 16.4. The van der Waals surface area contributed by atoms with Gasteiger partial charge in [0, 0.05) is 6.42 Å². The minimum Gasteiger partial charge on any atom is -0.508 e. The quantitative estimate of drug-likeness (QED) is 0.0631. The fourth-order valence-corrected chi connectivity index (χ4v) is 5.26. The van der Waals surface area contributed by atoms with Crippen LogP contribution in [-0.2, 0) is 40.0 Å². The first-order valence-corrected chi connectivity index (χ1v) is 18.1. The molecule has 0 radical (unpaired) electrons. The number of amides is 6. The highest BCUT2D eigenvalue weighted by Gasteiger charge is 2.34. The SMILES string of the molecule is CC[C@H](C)[C@H](NC(=O)CN)C(=O)N[C@@H](CCCCN)C(=O)N[C@H](C(=O)N[C@@H](C)C(=O)N[C@H](C(=O)N[C@@H](Cc1ccc(O)cc1)C(=O)O)C(C)C)C(C)C. The van der Waals surface area contributed by atoms with Gasteiger partial charge in [0.1, 0.15) is 42.0 Å². The number of aromatic hydroxyl groups is 1. The number of benzene rings is 1. The first kappa shape index (κ1) is 46.3. The summed E-state index contributed by atoms with van der Waals surface area (Å²) in [4.78, 5) is 90.8. The molecular formula is C36H60N8O9. The van der Waals surface area contributed by atoms with Crippen LogP contribution >= 0.6 is 0 Å². The zero-order valence-electron chi connectivity index (χ0n) is 31.9. The van der Waals surface area contributed by atoms with Gasteiger partial charge in [0.25, 0.3) is 0 Å². The average molecular weight is 749 g/mol. The largest absolute Gasteiger partial charge is 0.508 e. The molecule has 0 saturated heterocycles. The highest BCUT2D eigenvalue weighted by Crippen LogP contribution is 2.13. The molecule has 6 amide bonds. The summed E-state index contributed by atoms with van der Waals surface area (Å²) in [5.41, 5.74) is 11.6. The van der Waals surface area contributed by atoms with E-state index in [-0.39, 0.29) is 31.1 Å². The molecule has 7 atom stereocenters. The molecule has 0 heterocycles. The van der Waals surface area contributed by atoms with Gasteiger partial charge in [-0.25, -0.2) is 4.79 Å². The van der Waals surface area contributed by atoms with Crippen molar-refractivity contribution in [2.45, 2.75) is 117 Å². The summed E-state index contributed by atoms with van der Waals surface area (Å²) in [6, 6.07) is -0.952. The van der Waals surface area contributed by atoms with E-state index in [4.69, 9.17) is 11.5 Å². The number of phenols is 1. The molecule has 0 aliphatic heterocycles. The summed E-state index contributed by atoms with van der Waals surface area (Å²) in [5, 5.41) is 34.9. The number of unbranched alkanes of at least 4 members (excludes halogenated alkanes) is 1. The number of aliphatic carboxylic acids is 1. The number of hydrogen-bond donors (Lipinski definition) is 10. The second kappa shape index (κ2) is 23.0. The van der Waals surface area contributed by atoms with Crippen LogP contribution in [0.3, 0.4) is 0 Å². The van der Waals surface area contributed by atoms with Crippen molar-refractivity contribution in [1.82, 2.24) is 31.9 Å². The second-order valence-corrected chi connectivity index (χ2v) is 13.9. The van der Waals surface area contributed by atoms with E-state index >= 15 is 0 Å². The van der Waals surface area contributed by atoms with Crippen LogP contribution in [0.25, 0.3) is 0 Å². The molecule has 0 fully saturated rings. The number of nitrogens with one attached hydrogen (secondary N) is 6. The molecule has 17 heteroatoms. The van der Waals surface area contributed by atoms with E-state index in [0.717, 1.165) is 0 Å². The normalized spacial score (nSPS) is 15.2. The first-order chi connectivity index (χ1) is 24.9. The Hall–Kier alpha value is -4.77. The summed E-state index contributed by atoms with van der Waals surface area (Å²) < 4.78 is 0. The van der Waals surface area contributed by atoms with Gasteiger partial charge in [0.2, 0.25) is 35.4 Å². The number of nitrogens with two attached hydrogens (primary N) is 2. The van der Waals surface area contributed by atoms with Crippen molar-refractivity contribution in [3.05, 3.63) is 29.8 Å². The fourth-order valence-electron chi connectivity index (χ4n) is 5.26. The Morgan fingerprint density at radius 2 is 1.15 bits per heavy atom. The van der Waals surface area contributed by atoms with Gasteiger partial charge in [0.05, 0.1) is 6.54 Å². The third kappa shape index (κ3) is 15.8. The molecular weight excluding hydrogens is 688 g/mol. The van der Waals surface area contributed by atoms with Crippen LogP contribution in [0.4, 0.5) is 0 Å². The van der Waals surface area contributed by atoms with E-state index in [9.17, 15) is 43.8 Å². The van der Waals surface area contributed by atoms with E-state index < -0.39 is 89.5 Å². The number of carboxylic acid groups (broad SMARTS) is 1. The van der Waals surface area contributed by atoms with Gasteiger partial charge in [-0.15, -0.1) is 0 Å². The topological polar surface area (TPSA) is 284 Å². The van der Waals surface area contributed by atoms with Gasteiger partial charge in [-0.05, 0) is 68.2 Å². The Morgan fingerprint density at radius 1 is 0.642 bits per heavy atom. The van der Waals surface area contributed by atoms with E-state index in [1.165, 1.54) is 31.2 Å². The Kier molecular flexibility index (Phi) is 20.1. The van der Waals surface area contributed by atoms with Crippen molar-refractivity contribution >= 4 is 41.4 Å². The van der Waals surface area contributed by atoms with Crippen LogP contribution in [0.2, 0.25) is 0 Å². The van der Waals surface area contributed by atoms with Crippen LogP contribution in [0, 0.1) is 17.8 Å². The molecule has 1 aromatic carbocycles. The molecule has 0 unspecified atom stereocenters. The number of hydrogen-bond acceptors (Lipinski definition) is 10. The van der Waals surface area contributed by atoms with Crippen LogP contribution in [-0.4, -0.2) is 101 Å². The molecule has 0 bridgehead atoms. The third-order valence-electron chi connectivity index (χ3n) is 8.81. The van der Waals surface area contributed by atoms with Crippen molar-refractivity contribution in [1.29, 1.82) is 0 Å². The molecule has 1 aromatic rings. The van der Waals surface area contributed by atoms with Gasteiger partial charge in [-0.1, -0.05) is 60.1 Å². The Morgan fingerprint density at radius 3 is 1.64 bits per heavy atom. The highest BCUT2D eigenvalue weighted by molar-refractivity contribution is 5.97. The maximum absolute atomic E-state index is 13.6. The molecule has 53 heavy (non-hydrogen) atoms. The van der Waals surface area contributed by atoms with Gasteiger partial charge in [-0.2, -0.15) is 0 Å². The van der Waals surface area contributed by atoms with Crippen LogP contribution < -0.4 is 43.4 Å². The lowest BCUT2D eigenvalue weighted by Gasteiger charge is -2.29. The predicted molar refractivity (Wildman–Crippen MR) is 198 cm³/mol. The lowest BCUT2D eigenvalue weighted by atomic mass is 9.97. The molecule has 0 aliphatic rings. The third-order valence-corrected chi connectivity index (χ3v) is 8.81. The molecule has 0 spiro atoms. The monoisotopic (exact) mass is 748 g/mol. The van der Waals surface area contributed by atoms with Crippen molar-refractivity contribution in [3.63, 3.8) is 0 Å². The molecule has 0 aliphatic carbocycles. The summed E-state index contributed by atoms with van der Waals surface area (Å²) in [5.74, 6) is -6.41. The fraction of sp³-hybridized carbons (Fsp3) is 0.639. The lowest BCUT2D eigenvalue weighted by Crippen LogP contribution is -2.61. The Bertz CT molecular complexity index is 1390. The molecule has 12 N–H and O–H groups in total. The summed E-state index contributed by atoms with van der Waals surface area (Å²) in [6.45, 7) is 11.8. The molecule has 0 aromatic heterocycles. The van der Waals surface area contributed by atoms with E-state index in [0.29, 0.717) is 31.4 Å². The molecule has 298 valence electrons. The number of carbonyl (C=O) groups excluding carboxylic acids is 6. The van der Waals surface area contributed by atoms with Gasteiger partial charge >= 0.3 is 5.97 Å². The van der Waals surface area contributed by atoms with E-state index in [1.54, 1.807) is 34.6 Å². The van der Waals surface area contributed by atoms with Crippen molar-refractivity contribution < 1.29 is 43.8 Å². The Labute approximate surface area is 311 Å². The van der Waals surface area contributed by atoms with Gasteiger partial charge < -0.3 is 53.6 Å². The minimum absolute atomic E-state index is 0.00361. The zero-order chi connectivity index (χ0) is 40.4. The number of carboxylic acids is 1. The van der Waals surface area contributed by atoms with Crippen LogP contribution in [0.1, 0.15) is 79.7 Å². The van der Waals surface area contributed by atoms with Crippen LogP contribution in [0.15, 0.2) is 24.3 Å².